The van der Waals surface area contributed by atoms with Gasteiger partial charge in [0.15, 0.2) is 29.6 Å². The van der Waals surface area contributed by atoms with Crippen LogP contribution in [0.2, 0.25) is 0 Å². The third-order valence-corrected chi connectivity index (χ3v) is 10.4. The van der Waals surface area contributed by atoms with E-state index in [1.54, 1.807) is 18.2 Å². The molecule has 6 aliphatic rings. The zero-order valence-electron chi connectivity index (χ0n) is 27.0. The van der Waals surface area contributed by atoms with Crippen LogP contribution in [0.3, 0.4) is 0 Å². The van der Waals surface area contributed by atoms with E-state index in [0.29, 0.717) is 42.4 Å². The van der Waals surface area contributed by atoms with E-state index in [0.717, 1.165) is 11.1 Å². The van der Waals surface area contributed by atoms with Crippen LogP contribution in [0.25, 0.3) is 0 Å². The molecule has 270 valence electrons. The molecule has 2 bridgehead atoms. The number of hydrogen-bond acceptors (Lipinski definition) is 15. The molecule has 0 radical (unpaired) electrons. The zero-order chi connectivity index (χ0) is 34.6. The second kappa shape index (κ2) is 13.3. The number of fused-ring (bicyclic) bond motifs is 7. The van der Waals surface area contributed by atoms with Crippen LogP contribution < -0.4 is 29.6 Å². The summed E-state index contributed by atoms with van der Waals surface area (Å²) in [6.45, 7) is 0.585. The summed E-state index contributed by atoms with van der Waals surface area (Å²) in [5, 5.41) is 31.3. The number of aliphatic carboxylic acids is 1. The van der Waals surface area contributed by atoms with Crippen molar-refractivity contribution in [3.05, 3.63) is 41.5 Å². The lowest BCUT2D eigenvalue weighted by Gasteiger charge is -2.55. The molecule has 16 nitrogen and oxygen atoms in total. The number of aliphatic hydroxyl groups excluding tert-OH is 2. The van der Waals surface area contributed by atoms with E-state index >= 15 is 0 Å². The minimum Gasteiger partial charge on any atom is -0.492 e. The molecule has 2 aromatic rings. The number of carboxylic acid groups (broad SMARTS) is 1. The quantitative estimate of drug-likeness (QED) is 0.119. The number of carbonyl (C=O) groups is 2. The molecule has 1 spiro atoms. The fourth-order valence-electron chi connectivity index (χ4n) is 8.04. The van der Waals surface area contributed by atoms with Crippen LogP contribution >= 0.6 is 0 Å². The van der Waals surface area contributed by atoms with Gasteiger partial charge < -0.3 is 63.8 Å². The van der Waals surface area contributed by atoms with Crippen molar-refractivity contribution in [2.45, 2.75) is 86.5 Å². The van der Waals surface area contributed by atoms with Crippen LogP contribution in [0.15, 0.2) is 30.3 Å². The highest BCUT2D eigenvalue weighted by atomic mass is 17.2. The van der Waals surface area contributed by atoms with E-state index in [4.69, 9.17) is 58.5 Å². The molecule has 3 fully saturated rings. The number of esters is 1. The Bertz CT molecular complexity index is 1620. The molecule has 0 amide bonds. The number of rotatable bonds is 10. The van der Waals surface area contributed by atoms with E-state index in [1.807, 2.05) is 12.1 Å². The second-order valence-electron chi connectivity index (χ2n) is 13.3. The molecule has 50 heavy (non-hydrogen) atoms. The second-order valence-corrected chi connectivity index (χ2v) is 13.3. The summed E-state index contributed by atoms with van der Waals surface area (Å²) < 4.78 is 48.1. The summed E-state index contributed by atoms with van der Waals surface area (Å²) in [6, 6.07) is 8.90. The highest BCUT2D eigenvalue weighted by molar-refractivity contribution is 5.90. The van der Waals surface area contributed by atoms with Gasteiger partial charge in [0, 0.05) is 36.3 Å². The van der Waals surface area contributed by atoms with E-state index in [1.165, 1.54) is 0 Å². The van der Waals surface area contributed by atoms with Crippen molar-refractivity contribution >= 4 is 11.9 Å². The summed E-state index contributed by atoms with van der Waals surface area (Å²) in [7, 11) is 0. The van der Waals surface area contributed by atoms with Crippen LogP contribution in [0.1, 0.15) is 55.3 Å². The van der Waals surface area contributed by atoms with Crippen molar-refractivity contribution in [3.63, 3.8) is 0 Å². The summed E-state index contributed by atoms with van der Waals surface area (Å²) in [5.74, 6) is 0.251. The number of nitrogens with two attached hydrogens (primary N) is 1. The van der Waals surface area contributed by atoms with E-state index < -0.39 is 60.8 Å². The van der Waals surface area contributed by atoms with Gasteiger partial charge in [-0.15, -0.1) is 0 Å². The minimum absolute atomic E-state index is 0.0349. The number of carbonyl (C=O) groups excluding carboxylic acids is 1. The number of benzene rings is 2. The Morgan fingerprint density at radius 3 is 2.64 bits per heavy atom. The first kappa shape index (κ1) is 33.3. The van der Waals surface area contributed by atoms with Crippen molar-refractivity contribution in [3.8, 4) is 28.7 Å². The van der Waals surface area contributed by atoms with Gasteiger partial charge in [0.1, 0.15) is 47.9 Å². The van der Waals surface area contributed by atoms with Crippen molar-refractivity contribution in [2.75, 3.05) is 33.2 Å². The number of ether oxygens (including phenoxy) is 8. The highest BCUT2D eigenvalue weighted by Gasteiger charge is 2.64. The first-order valence-corrected chi connectivity index (χ1v) is 16.8. The van der Waals surface area contributed by atoms with Crippen LogP contribution in [0.4, 0.5) is 0 Å². The van der Waals surface area contributed by atoms with Gasteiger partial charge in [-0.1, -0.05) is 0 Å². The maximum Gasteiger partial charge on any atom is 0.317 e. The van der Waals surface area contributed by atoms with Crippen LogP contribution in [0.5, 0.6) is 28.7 Å². The lowest BCUT2D eigenvalue weighted by atomic mass is 9.75. The monoisotopic (exact) mass is 701 g/mol. The van der Waals surface area contributed by atoms with Gasteiger partial charge in [0.25, 0.3) is 0 Å². The third kappa shape index (κ3) is 5.78. The molecule has 0 aromatic heterocycles. The Morgan fingerprint density at radius 1 is 1.00 bits per heavy atom. The van der Waals surface area contributed by atoms with Gasteiger partial charge in [-0.25, -0.2) is 0 Å². The fraction of sp³-hybridized carbons (Fsp3) is 0.588. The van der Waals surface area contributed by atoms with E-state index in [-0.39, 0.29) is 63.1 Å². The summed E-state index contributed by atoms with van der Waals surface area (Å²) in [6.07, 6.45) is -6.39. The predicted molar refractivity (Wildman–Crippen MR) is 165 cm³/mol. The Hall–Kier alpha value is -3.90. The first-order valence-electron chi connectivity index (χ1n) is 16.8. The highest BCUT2D eigenvalue weighted by Crippen LogP contribution is 2.55. The van der Waals surface area contributed by atoms with Gasteiger partial charge in [0.2, 0.25) is 6.79 Å². The molecule has 10 atom stereocenters. The molecular formula is C34H39NO15. The molecule has 3 saturated heterocycles. The molecule has 8 rings (SSSR count). The summed E-state index contributed by atoms with van der Waals surface area (Å²) in [4.78, 5) is 35.6. The van der Waals surface area contributed by atoms with Crippen molar-refractivity contribution in [1.82, 2.24) is 0 Å². The molecule has 6 heterocycles. The van der Waals surface area contributed by atoms with E-state index in [2.05, 4.69) is 0 Å². The largest absolute Gasteiger partial charge is 0.492 e. The average molecular weight is 702 g/mol. The van der Waals surface area contributed by atoms with Gasteiger partial charge in [-0.2, -0.15) is 4.89 Å². The standard InChI is InChI=1S/C34H39NO15/c35-7-8-41-33-30(31(40)34-6-5-16(13-36)21(48-34)3-4-23(32(34)47-33)45-28(39)12-27(37)38)50-49-17-1-2-22-19(9-17)29-20(14-42-22)18-10-25-26(44-15-43-25)11-24(18)46-29/h1-2,9-11,16,20-21,23,29-33,36,40H,3-8,12-15,35H2,(H,37,38). The molecule has 0 saturated carbocycles. The first-order chi connectivity index (χ1) is 24.3. The fourth-order valence-corrected chi connectivity index (χ4v) is 8.04. The SMILES string of the molecule is NCCOC1OC2C(OC(=O)CC(=O)O)CCC3OC2(CCC3CO)C(O)C1OOc1ccc2c(c1)C1Oc3cc4c(cc3C1CO2)OCO4. The Morgan fingerprint density at radius 2 is 1.84 bits per heavy atom. The third-order valence-electron chi connectivity index (χ3n) is 10.4. The van der Waals surface area contributed by atoms with Gasteiger partial charge >= 0.3 is 11.9 Å². The van der Waals surface area contributed by atoms with Crippen molar-refractivity contribution in [2.24, 2.45) is 11.7 Å². The molecule has 10 unspecified atom stereocenters. The predicted octanol–water partition coefficient (Wildman–Crippen LogP) is 1.47. The van der Waals surface area contributed by atoms with Crippen LogP contribution in [-0.2, 0) is 33.4 Å². The number of aliphatic hydroxyl groups is 2. The molecular weight excluding hydrogens is 662 g/mol. The molecule has 0 aliphatic carbocycles. The smallest absolute Gasteiger partial charge is 0.317 e. The summed E-state index contributed by atoms with van der Waals surface area (Å²) in [5.41, 5.74) is 5.96. The maximum absolute atomic E-state index is 12.5. The average Bonchev–Trinajstić information content (AvgIpc) is 3.69. The Labute approximate surface area is 286 Å². The van der Waals surface area contributed by atoms with Crippen molar-refractivity contribution < 1.29 is 72.6 Å². The van der Waals surface area contributed by atoms with Crippen LogP contribution in [0, 0.1) is 5.92 Å². The lowest BCUT2D eigenvalue weighted by Crippen LogP contribution is -2.72. The molecule has 16 heteroatoms. The van der Waals surface area contributed by atoms with Gasteiger partial charge in [-0.3, -0.25) is 9.59 Å². The maximum atomic E-state index is 12.5. The minimum atomic E-state index is -1.47. The normalized spacial score (nSPS) is 34.5. The zero-order valence-corrected chi connectivity index (χ0v) is 27.0. The summed E-state index contributed by atoms with van der Waals surface area (Å²) >= 11 is 0. The Balaban J connectivity index is 1.05. The van der Waals surface area contributed by atoms with E-state index in [9.17, 15) is 19.8 Å². The number of hydrogen-bond donors (Lipinski definition) is 4. The van der Waals surface area contributed by atoms with Gasteiger partial charge in [0.05, 0.1) is 25.2 Å². The van der Waals surface area contributed by atoms with Crippen LogP contribution in [-0.4, -0.2) is 103 Å². The topological polar surface area (TPSA) is 213 Å². The Kier molecular flexibility index (Phi) is 8.87. The lowest BCUT2D eigenvalue weighted by molar-refractivity contribution is -0.406. The van der Waals surface area contributed by atoms with Gasteiger partial charge in [-0.05, 0) is 49.9 Å². The van der Waals surface area contributed by atoms with Crippen molar-refractivity contribution in [1.29, 1.82) is 0 Å². The molecule has 6 aliphatic heterocycles. The molecule has 5 N–H and O–H groups in total. The number of carboxylic acids is 1. The molecule has 2 aromatic carbocycles.